The van der Waals surface area contributed by atoms with Crippen molar-refractivity contribution in [2.75, 3.05) is 7.11 Å². The summed E-state index contributed by atoms with van der Waals surface area (Å²) in [5.41, 5.74) is 0.665. The van der Waals surface area contributed by atoms with Gasteiger partial charge in [0.25, 0.3) is 0 Å². The maximum Gasteiger partial charge on any atom is 0.173 e. The van der Waals surface area contributed by atoms with Crippen molar-refractivity contribution in [1.29, 1.82) is 0 Å². The molecule has 0 heterocycles. The molecule has 114 valence electrons. The first kappa shape index (κ1) is 14.6. The van der Waals surface area contributed by atoms with Crippen molar-refractivity contribution in [2.24, 2.45) is 0 Å². The lowest BCUT2D eigenvalue weighted by molar-refractivity contribution is 0.111. The van der Waals surface area contributed by atoms with Crippen LogP contribution >= 0.6 is 0 Å². The van der Waals surface area contributed by atoms with Gasteiger partial charge in [0.15, 0.2) is 17.9 Å². The van der Waals surface area contributed by atoms with Crippen molar-refractivity contribution < 1.29 is 22.7 Å². The Bertz CT molecular complexity index is 752. The van der Waals surface area contributed by atoms with Crippen molar-refractivity contribution in [3.8, 4) is 16.9 Å². The lowest BCUT2D eigenvalue weighted by atomic mass is 9.93. The largest absolute Gasteiger partial charge is 0.493 e. The first-order valence-corrected chi connectivity index (χ1v) is 6.87. The number of carbonyl (C=O) groups excluding carboxylic acids is 1. The normalized spacial score (nSPS) is 14.0. The molecule has 3 rings (SSSR count). The van der Waals surface area contributed by atoms with Gasteiger partial charge in [0.2, 0.25) is 0 Å². The number of ether oxygens (including phenoxy) is 1. The van der Waals surface area contributed by atoms with Gasteiger partial charge in [-0.2, -0.15) is 0 Å². The van der Waals surface area contributed by atoms with E-state index in [1.807, 2.05) is 0 Å². The first-order valence-electron chi connectivity index (χ1n) is 6.87. The number of aldehydes is 1. The fourth-order valence-electron chi connectivity index (χ4n) is 2.65. The van der Waals surface area contributed by atoms with E-state index in [0.717, 1.165) is 18.9 Å². The summed E-state index contributed by atoms with van der Waals surface area (Å²) in [5.74, 6) is -2.51. The summed E-state index contributed by atoms with van der Waals surface area (Å²) in [4.78, 5) is 11.1. The first-order chi connectivity index (χ1) is 10.6. The van der Waals surface area contributed by atoms with Gasteiger partial charge in [-0.1, -0.05) is 0 Å². The van der Waals surface area contributed by atoms with Crippen LogP contribution in [-0.2, 0) is 0 Å². The Morgan fingerprint density at radius 1 is 1.18 bits per heavy atom. The second-order valence-corrected chi connectivity index (χ2v) is 5.29. The molecule has 0 spiro atoms. The van der Waals surface area contributed by atoms with E-state index >= 15 is 0 Å². The average Bonchev–Trinajstić information content (AvgIpc) is 3.32. The Morgan fingerprint density at radius 3 is 2.45 bits per heavy atom. The van der Waals surface area contributed by atoms with Crippen LogP contribution in [0.5, 0.6) is 5.75 Å². The zero-order valence-electron chi connectivity index (χ0n) is 11.8. The maximum atomic E-state index is 14.8. The summed E-state index contributed by atoms with van der Waals surface area (Å²) >= 11 is 0. The van der Waals surface area contributed by atoms with Crippen LogP contribution in [0, 0.1) is 17.5 Å². The molecule has 0 N–H and O–H groups in total. The van der Waals surface area contributed by atoms with Crippen LogP contribution in [0.25, 0.3) is 11.1 Å². The molecule has 1 aliphatic rings. The topological polar surface area (TPSA) is 26.3 Å². The van der Waals surface area contributed by atoms with Gasteiger partial charge >= 0.3 is 0 Å². The van der Waals surface area contributed by atoms with Crippen LogP contribution < -0.4 is 4.74 Å². The molecule has 0 aliphatic heterocycles. The minimum absolute atomic E-state index is 0.0310. The maximum absolute atomic E-state index is 14.8. The molecule has 0 bridgehead atoms. The molecule has 22 heavy (non-hydrogen) atoms. The molecule has 0 aromatic heterocycles. The molecular formula is C17H13F3O2. The second kappa shape index (κ2) is 5.48. The second-order valence-electron chi connectivity index (χ2n) is 5.29. The third kappa shape index (κ3) is 2.36. The van der Waals surface area contributed by atoms with Crippen LogP contribution in [0.1, 0.15) is 34.7 Å². The molecule has 2 nitrogen and oxygen atoms in total. The number of hydrogen-bond acceptors (Lipinski definition) is 2. The van der Waals surface area contributed by atoms with Gasteiger partial charge in [-0.25, -0.2) is 13.2 Å². The SMILES string of the molecule is COc1c(C=O)cc(C2CC2)c(-c2ccc(F)cc2F)c1F. The smallest absolute Gasteiger partial charge is 0.173 e. The van der Waals surface area contributed by atoms with Gasteiger partial charge < -0.3 is 4.74 Å². The number of carbonyl (C=O) groups is 1. The number of hydrogen-bond donors (Lipinski definition) is 0. The molecule has 0 saturated heterocycles. The lowest BCUT2D eigenvalue weighted by Crippen LogP contribution is -2.02. The van der Waals surface area contributed by atoms with E-state index in [4.69, 9.17) is 4.74 Å². The van der Waals surface area contributed by atoms with E-state index in [-0.39, 0.29) is 28.4 Å². The van der Waals surface area contributed by atoms with Crippen molar-refractivity contribution in [1.82, 2.24) is 0 Å². The van der Waals surface area contributed by atoms with Gasteiger partial charge in [0.1, 0.15) is 11.6 Å². The minimum atomic E-state index is -0.846. The van der Waals surface area contributed by atoms with Gasteiger partial charge in [0, 0.05) is 17.2 Å². The number of methoxy groups -OCH3 is 1. The molecule has 1 fully saturated rings. The van der Waals surface area contributed by atoms with Crippen LogP contribution in [0.4, 0.5) is 13.2 Å². The van der Waals surface area contributed by atoms with E-state index in [1.165, 1.54) is 19.2 Å². The predicted octanol–water partition coefficient (Wildman–Crippen LogP) is 4.47. The Kier molecular flexibility index (Phi) is 3.64. The molecule has 2 aromatic rings. The van der Waals surface area contributed by atoms with Gasteiger partial charge in [-0.05, 0) is 42.5 Å². The quantitative estimate of drug-likeness (QED) is 0.779. The molecule has 5 heteroatoms. The lowest BCUT2D eigenvalue weighted by Gasteiger charge is -2.16. The van der Waals surface area contributed by atoms with Crippen LogP contribution in [-0.4, -0.2) is 13.4 Å². The van der Waals surface area contributed by atoms with Crippen LogP contribution in [0.3, 0.4) is 0 Å². The fourth-order valence-corrected chi connectivity index (χ4v) is 2.65. The van der Waals surface area contributed by atoms with Crippen LogP contribution in [0.15, 0.2) is 24.3 Å². The van der Waals surface area contributed by atoms with E-state index in [0.29, 0.717) is 17.9 Å². The standard InChI is InChI=1S/C17H13F3O2/c1-22-17-10(8-21)6-13(9-2-3-9)15(16(17)20)12-5-4-11(18)7-14(12)19/h4-9H,2-3H2,1H3. The van der Waals surface area contributed by atoms with E-state index < -0.39 is 17.5 Å². The molecule has 0 radical (unpaired) electrons. The highest BCUT2D eigenvalue weighted by Gasteiger charge is 2.31. The molecular weight excluding hydrogens is 293 g/mol. The van der Waals surface area contributed by atoms with Crippen molar-refractivity contribution in [3.05, 3.63) is 52.8 Å². The van der Waals surface area contributed by atoms with Crippen molar-refractivity contribution in [3.63, 3.8) is 0 Å². The summed E-state index contributed by atoms with van der Waals surface area (Å²) in [7, 11) is 1.24. The average molecular weight is 306 g/mol. The third-order valence-corrected chi connectivity index (χ3v) is 3.83. The summed E-state index contributed by atoms with van der Waals surface area (Å²) in [5, 5.41) is 0. The highest BCUT2D eigenvalue weighted by atomic mass is 19.1. The monoisotopic (exact) mass is 306 g/mol. The summed E-state index contributed by atoms with van der Waals surface area (Å²) in [6.07, 6.45) is 2.21. The molecule has 0 unspecified atom stereocenters. The Labute approximate surface area is 125 Å². The molecule has 1 saturated carbocycles. The summed E-state index contributed by atoms with van der Waals surface area (Å²) < 4.78 is 46.9. The number of rotatable bonds is 4. The van der Waals surface area contributed by atoms with Gasteiger partial charge in [-0.3, -0.25) is 4.79 Å². The Hall–Kier alpha value is -2.30. The van der Waals surface area contributed by atoms with E-state index in [2.05, 4.69) is 0 Å². The number of benzene rings is 2. The zero-order valence-corrected chi connectivity index (χ0v) is 11.8. The van der Waals surface area contributed by atoms with Crippen molar-refractivity contribution in [2.45, 2.75) is 18.8 Å². The molecule has 0 atom stereocenters. The molecule has 2 aromatic carbocycles. The van der Waals surface area contributed by atoms with E-state index in [9.17, 15) is 18.0 Å². The zero-order chi connectivity index (χ0) is 15.9. The van der Waals surface area contributed by atoms with Gasteiger partial charge in [-0.15, -0.1) is 0 Å². The number of halogens is 3. The Morgan fingerprint density at radius 2 is 1.91 bits per heavy atom. The fraction of sp³-hybridized carbons (Fsp3) is 0.235. The van der Waals surface area contributed by atoms with Crippen LogP contribution in [0.2, 0.25) is 0 Å². The summed E-state index contributed by atoms with van der Waals surface area (Å²) in [6.45, 7) is 0. The third-order valence-electron chi connectivity index (χ3n) is 3.83. The minimum Gasteiger partial charge on any atom is -0.493 e. The van der Waals surface area contributed by atoms with Gasteiger partial charge in [0.05, 0.1) is 12.7 Å². The molecule has 0 amide bonds. The summed E-state index contributed by atoms with van der Waals surface area (Å²) in [6, 6.07) is 4.53. The highest BCUT2D eigenvalue weighted by molar-refractivity contribution is 5.84. The highest BCUT2D eigenvalue weighted by Crippen LogP contribution is 2.48. The van der Waals surface area contributed by atoms with E-state index in [1.54, 1.807) is 0 Å². The van der Waals surface area contributed by atoms with Crippen molar-refractivity contribution >= 4 is 6.29 Å². The molecule has 1 aliphatic carbocycles. The Balaban J connectivity index is 2.31. The predicted molar refractivity (Wildman–Crippen MR) is 75.7 cm³/mol.